The maximum absolute atomic E-state index is 9.35. The monoisotopic (exact) mass is 1090 g/mol. The molecule has 0 heterocycles. The molecular weight excluding hydrogens is 1010 g/mol. The van der Waals surface area contributed by atoms with E-state index in [-0.39, 0.29) is 28.9 Å². The minimum absolute atomic E-state index is 0.00520. The first-order valence-corrected chi connectivity index (χ1v) is 43.7. The zero-order valence-corrected chi connectivity index (χ0v) is 52.1. The molecule has 2 atom stereocenters. The van der Waals surface area contributed by atoms with Crippen LogP contribution in [0.15, 0.2) is 132 Å². The van der Waals surface area contributed by atoms with Crippen molar-refractivity contribution >= 4 is 35.1 Å². The second-order valence-electron chi connectivity index (χ2n) is 26.2. The predicted octanol–water partition coefficient (Wildman–Crippen LogP) is 21.5. The molecular formula is C68H85Cl2SiZr. The Morgan fingerprint density at radius 1 is 0.431 bits per heavy atom. The molecule has 0 nitrogen and oxygen atoms in total. The van der Waals surface area contributed by atoms with Crippen molar-refractivity contribution in [3.63, 3.8) is 0 Å². The van der Waals surface area contributed by atoms with E-state index in [4.69, 9.17) is 0 Å². The SMILES string of the molecule is CCCCC1=Cc2c(ccc(-c3ccccc3)c2-c2cc(C(C)(C)C)cc(C(C)(C)C)c2)[CH]1[Zr]([Cl])([Cl])([CH]1C(CCCC)=Cc2c1ccc(-c1ccccc1)c2-c1cc(C(C)(C)C)cc(C(C)(C)C)c1)[SiH](C)C. The van der Waals surface area contributed by atoms with Crippen molar-refractivity contribution in [2.24, 2.45) is 0 Å². The van der Waals surface area contributed by atoms with Crippen molar-refractivity contribution < 1.29 is 15.6 Å². The van der Waals surface area contributed by atoms with E-state index in [0.717, 1.165) is 38.5 Å². The molecule has 0 saturated carbocycles. The molecule has 0 bridgehead atoms. The topological polar surface area (TPSA) is 0 Å². The van der Waals surface area contributed by atoms with Crippen LogP contribution in [-0.4, -0.2) is 5.92 Å². The number of allylic oxidation sites excluding steroid dienone is 2. The van der Waals surface area contributed by atoms with E-state index in [1.165, 1.54) is 100 Å². The standard InChI is InChI=1S/2C33H39.C2H7Si.2ClH.Zr/c2*1-8-9-13-23-18-25-16-17-29(24-14-11-10-12-15-24)31(30(25)19-23)26-20-27(32(2,3)4)22-28(21-26)33(5,6)7;1-3-2;;;/h2*10-12,14-22H,8-9,13H2,1-7H3;3H,1-2H3;2*1H;/q;;;;;+2/p-2. The van der Waals surface area contributed by atoms with Gasteiger partial charge in [0.25, 0.3) is 0 Å². The third-order valence-corrected chi connectivity index (χ3v) is 68.4. The second-order valence-corrected chi connectivity index (χ2v) is 68.7. The van der Waals surface area contributed by atoms with Crippen LogP contribution in [0.1, 0.15) is 187 Å². The van der Waals surface area contributed by atoms with Crippen molar-refractivity contribution in [1.29, 1.82) is 0 Å². The minimum atomic E-state index is -5.28. The number of benzene rings is 6. The normalized spacial score (nSPS) is 16.8. The van der Waals surface area contributed by atoms with Gasteiger partial charge in [0, 0.05) is 0 Å². The summed E-state index contributed by atoms with van der Waals surface area (Å²) < 4.78 is -0.0104. The fraction of sp³-hybridized carbons (Fsp3) is 0.412. The number of unbranched alkanes of at least 4 members (excludes halogenated alkanes) is 2. The zero-order valence-electron chi connectivity index (χ0n) is 46.9. The maximum atomic E-state index is 9.35. The first-order valence-electron chi connectivity index (χ1n) is 27.4. The van der Waals surface area contributed by atoms with Crippen molar-refractivity contribution in [2.75, 3.05) is 0 Å². The number of hydrogen-bond donors (Lipinski definition) is 0. The molecule has 0 amide bonds. The summed E-state index contributed by atoms with van der Waals surface area (Å²) in [5.41, 5.74) is 23.9. The summed E-state index contributed by atoms with van der Waals surface area (Å²) in [5.74, 6) is -1.87. The van der Waals surface area contributed by atoms with Gasteiger partial charge in [0.05, 0.1) is 0 Å². The molecule has 0 saturated heterocycles. The van der Waals surface area contributed by atoms with Crippen molar-refractivity contribution in [1.82, 2.24) is 0 Å². The second kappa shape index (κ2) is 20.2. The third kappa shape index (κ3) is 10.3. The van der Waals surface area contributed by atoms with Crippen LogP contribution in [0.25, 0.3) is 56.7 Å². The summed E-state index contributed by atoms with van der Waals surface area (Å²) in [5, 5.41) is 0. The van der Waals surface area contributed by atoms with Gasteiger partial charge in [-0.2, -0.15) is 0 Å². The summed E-state index contributed by atoms with van der Waals surface area (Å²) in [6.45, 7) is 38.0. The molecule has 72 heavy (non-hydrogen) atoms. The van der Waals surface area contributed by atoms with Crippen LogP contribution in [0.2, 0.25) is 13.1 Å². The molecule has 6 aromatic rings. The van der Waals surface area contributed by atoms with Gasteiger partial charge in [-0.1, -0.05) is 0 Å². The molecule has 2 aliphatic rings. The quantitative estimate of drug-likeness (QED) is 0.101. The van der Waals surface area contributed by atoms with Crippen LogP contribution in [0.3, 0.4) is 0 Å². The average Bonchev–Trinajstić information content (AvgIpc) is 3.91. The molecule has 8 rings (SSSR count). The molecule has 4 heteroatoms. The van der Waals surface area contributed by atoms with E-state index in [1.807, 2.05) is 0 Å². The van der Waals surface area contributed by atoms with E-state index in [2.05, 4.69) is 244 Å². The van der Waals surface area contributed by atoms with Crippen molar-refractivity contribution in [2.45, 2.75) is 177 Å². The van der Waals surface area contributed by atoms with Crippen LogP contribution in [0, 0.1) is 0 Å². The van der Waals surface area contributed by atoms with Crippen LogP contribution in [-0.2, 0) is 37.2 Å². The molecule has 0 aromatic heterocycles. The van der Waals surface area contributed by atoms with Gasteiger partial charge in [0.1, 0.15) is 0 Å². The van der Waals surface area contributed by atoms with Gasteiger partial charge in [-0.15, -0.1) is 0 Å². The summed E-state index contributed by atoms with van der Waals surface area (Å²) >= 11 is -5.28. The van der Waals surface area contributed by atoms with Gasteiger partial charge in [-0.25, -0.2) is 0 Å². The van der Waals surface area contributed by atoms with E-state index in [0.29, 0.717) is 0 Å². The first kappa shape index (κ1) is 54.7. The van der Waals surface area contributed by atoms with E-state index >= 15 is 0 Å². The van der Waals surface area contributed by atoms with E-state index in [1.54, 1.807) is 0 Å². The van der Waals surface area contributed by atoms with Crippen molar-refractivity contribution in [3.05, 3.63) is 177 Å². The summed E-state index contributed by atoms with van der Waals surface area (Å²) in [7, 11) is 18.7. The summed E-state index contributed by atoms with van der Waals surface area (Å²) in [4.78, 5) is 0. The van der Waals surface area contributed by atoms with Gasteiger partial charge in [0.2, 0.25) is 0 Å². The third-order valence-electron chi connectivity index (χ3n) is 16.5. The molecule has 0 aliphatic heterocycles. The Labute approximate surface area is 446 Å². The van der Waals surface area contributed by atoms with Crippen LogP contribution < -0.4 is 0 Å². The van der Waals surface area contributed by atoms with Crippen LogP contribution >= 0.6 is 17.0 Å². The van der Waals surface area contributed by atoms with Gasteiger partial charge in [0.15, 0.2) is 0 Å². The molecule has 0 radical (unpaired) electrons. The predicted molar refractivity (Wildman–Crippen MR) is 320 cm³/mol. The Balaban J connectivity index is 1.47. The first-order chi connectivity index (χ1) is 33.7. The number of hydrogen-bond acceptors (Lipinski definition) is 0. The molecule has 0 spiro atoms. The zero-order chi connectivity index (χ0) is 52.4. The molecule has 2 aliphatic carbocycles. The van der Waals surface area contributed by atoms with E-state index < -0.39 is 21.5 Å². The molecule has 0 fully saturated rings. The number of fused-ring (bicyclic) bond motifs is 2. The Bertz CT molecular complexity index is 2770. The Hall–Kier alpha value is -3.52. The van der Waals surface area contributed by atoms with Gasteiger partial charge in [-0.05, 0) is 0 Å². The van der Waals surface area contributed by atoms with Gasteiger partial charge >= 0.3 is 450 Å². The molecule has 6 aromatic carbocycles. The molecule has 2 unspecified atom stereocenters. The Kier molecular flexibility index (Phi) is 15.4. The van der Waals surface area contributed by atoms with Crippen molar-refractivity contribution in [3.8, 4) is 44.5 Å². The van der Waals surface area contributed by atoms with Crippen LogP contribution in [0.5, 0.6) is 0 Å². The Morgan fingerprint density at radius 2 is 0.750 bits per heavy atom. The van der Waals surface area contributed by atoms with Gasteiger partial charge < -0.3 is 0 Å². The van der Waals surface area contributed by atoms with Gasteiger partial charge in [-0.3, -0.25) is 0 Å². The average molecular weight is 1090 g/mol. The van der Waals surface area contributed by atoms with Crippen LogP contribution in [0.4, 0.5) is 0 Å². The fourth-order valence-electron chi connectivity index (χ4n) is 12.0. The molecule has 379 valence electrons. The Morgan fingerprint density at radius 3 is 1.03 bits per heavy atom. The summed E-state index contributed by atoms with van der Waals surface area (Å²) in [6.07, 6.45) is 11.7. The number of halogens is 2. The molecule has 0 N–H and O–H groups in total. The fourth-order valence-corrected chi connectivity index (χ4v) is 43.5. The number of rotatable bonds is 13. The van der Waals surface area contributed by atoms with E-state index in [9.17, 15) is 17.0 Å². The summed E-state index contributed by atoms with van der Waals surface area (Å²) in [6, 6.07) is 46.9.